The van der Waals surface area contributed by atoms with Gasteiger partial charge in [0, 0.05) is 23.6 Å². The molecule has 1 saturated carbocycles. The predicted octanol–water partition coefficient (Wildman–Crippen LogP) is 2.93. The molecule has 1 aliphatic rings. The molecule has 1 amide bonds. The third kappa shape index (κ3) is 3.90. The average Bonchev–Trinajstić information content (AvgIpc) is 3.25. The fourth-order valence-corrected chi connectivity index (χ4v) is 2.42. The number of hydrogen-bond donors (Lipinski definition) is 1. The number of amides is 1. The van der Waals surface area contributed by atoms with Gasteiger partial charge >= 0.3 is 5.97 Å². The highest BCUT2D eigenvalue weighted by molar-refractivity contribution is 6.30. The van der Waals surface area contributed by atoms with Crippen LogP contribution in [0.3, 0.4) is 0 Å². The summed E-state index contributed by atoms with van der Waals surface area (Å²) in [5.74, 6) is -1.14. The topological polar surface area (TPSA) is 83.6 Å². The standard InChI is InChI=1S/C16H15ClN2O4/c17-12-5-1-10(2-6-12)8-19(9-15(20)21)16(22)14-7-13(18-23-14)11-3-4-11/h1-2,5-7,11H,3-4,8-9H2,(H,20,21). The first-order valence-electron chi connectivity index (χ1n) is 7.25. The number of rotatable bonds is 6. The van der Waals surface area contributed by atoms with Crippen molar-refractivity contribution >= 4 is 23.5 Å². The van der Waals surface area contributed by atoms with E-state index >= 15 is 0 Å². The molecule has 2 aromatic rings. The van der Waals surface area contributed by atoms with Gasteiger partial charge in [-0.05, 0) is 30.5 Å². The summed E-state index contributed by atoms with van der Waals surface area (Å²) in [6.45, 7) is -0.261. The van der Waals surface area contributed by atoms with Crippen LogP contribution >= 0.6 is 11.6 Å². The summed E-state index contributed by atoms with van der Waals surface area (Å²) in [6, 6.07) is 8.50. The molecule has 6 nitrogen and oxygen atoms in total. The minimum atomic E-state index is -1.09. The zero-order valence-corrected chi connectivity index (χ0v) is 13.0. The number of hydrogen-bond acceptors (Lipinski definition) is 4. The van der Waals surface area contributed by atoms with Crippen molar-refractivity contribution < 1.29 is 19.2 Å². The number of halogens is 1. The first-order valence-corrected chi connectivity index (χ1v) is 7.63. The van der Waals surface area contributed by atoms with Crippen molar-refractivity contribution in [1.29, 1.82) is 0 Å². The summed E-state index contributed by atoms with van der Waals surface area (Å²) in [5, 5.41) is 13.5. The SMILES string of the molecule is O=C(O)CN(Cc1ccc(Cl)cc1)C(=O)c1cc(C2CC2)no1. The maximum Gasteiger partial charge on any atom is 0.323 e. The van der Waals surface area contributed by atoms with Gasteiger partial charge in [0.1, 0.15) is 6.54 Å². The summed E-state index contributed by atoms with van der Waals surface area (Å²) in [6.07, 6.45) is 2.09. The Morgan fingerprint density at radius 3 is 2.61 bits per heavy atom. The number of carboxylic acids is 1. The molecule has 120 valence electrons. The Kier molecular flexibility index (Phi) is 4.34. The first-order chi connectivity index (χ1) is 11.0. The molecule has 1 aromatic carbocycles. The normalized spacial score (nSPS) is 13.8. The van der Waals surface area contributed by atoms with Crippen LogP contribution in [0.25, 0.3) is 0 Å². The summed E-state index contributed by atoms with van der Waals surface area (Å²) >= 11 is 5.83. The van der Waals surface area contributed by atoms with E-state index in [1.54, 1.807) is 30.3 Å². The van der Waals surface area contributed by atoms with Crippen molar-refractivity contribution in [3.8, 4) is 0 Å². The molecule has 1 aromatic heterocycles. The monoisotopic (exact) mass is 334 g/mol. The molecule has 0 atom stereocenters. The molecule has 1 N–H and O–H groups in total. The molecular formula is C16H15ClN2O4. The Balaban J connectivity index is 1.77. The molecule has 0 unspecified atom stereocenters. The fraction of sp³-hybridized carbons (Fsp3) is 0.312. The highest BCUT2D eigenvalue weighted by atomic mass is 35.5. The highest BCUT2D eigenvalue weighted by Crippen LogP contribution is 2.39. The minimum Gasteiger partial charge on any atom is -0.480 e. The average molecular weight is 335 g/mol. The second-order valence-electron chi connectivity index (χ2n) is 5.57. The highest BCUT2D eigenvalue weighted by Gasteiger charge is 2.30. The van der Waals surface area contributed by atoms with Crippen LogP contribution < -0.4 is 0 Å². The van der Waals surface area contributed by atoms with Crippen LogP contribution in [0.2, 0.25) is 5.02 Å². The van der Waals surface area contributed by atoms with Crippen molar-refractivity contribution in [1.82, 2.24) is 10.1 Å². The van der Waals surface area contributed by atoms with E-state index in [0.717, 1.165) is 24.1 Å². The zero-order valence-electron chi connectivity index (χ0n) is 12.2. The summed E-state index contributed by atoms with van der Waals surface area (Å²) < 4.78 is 5.09. The lowest BCUT2D eigenvalue weighted by molar-refractivity contribution is -0.137. The van der Waals surface area contributed by atoms with Crippen molar-refractivity contribution in [3.05, 3.63) is 52.4 Å². The molecule has 1 heterocycles. The Labute approximate surface area is 137 Å². The van der Waals surface area contributed by atoms with Crippen LogP contribution in [-0.2, 0) is 11.3 Å². The molecule has 0 aliphatic heterocycles. The number of nitrogens with zero attached hydrogens (tertiary/aromatic N) is 2. The molecule has 7 heteroatoms. The van der Waals surface area contributed by atoms with Gasteiger partial charge in [0.25, 0.3) is 5.91 Å². The van der Waals surface area contributed by atoms with Gasteiger partial charge in [-0.15, -0.1) is 0 Å². The van der Waals surface area contributed by atoms with Crippen molar-refractivity contribution in [2.75, 3.05) is 6.54 Å². The Bertz CT molecular complexity index is 722. The van der Waals surface area contributed by atoms with Crippen LogP contribution in [0.4, 0.5) is 0 Å². The number of carbonyl (C=O) groups excluding carboxylic acids is 1. The molecule has 1 aliphatic carbocycles. The van der Waals surface area contributed by atoms with Gasteiger partial charge in [-0.3, -0.25) is 9.59 Å². The van der Waals surface area contributed by atoms with Gasteiger partial charge in [0.2, 0.25) is 5.76 Å². The van der Waals surface area contributed by atoms with E-state index in [1.807, 2.05) is 0 Å². The van der Waals surface area contributed by atoms with E-state index in [9.17, 15) is 9.59 Å². The molecule has 3 rings (SSSR count). The van der Waals surface area contributed by atoms with Gasteiger partial charge in [-0.1, -0.05) is 28.9 Å². The van der Waals surface area contributed by atoms with Gasteiger partial charge in [0.15, 0.2) is 0 Å². The van der Waals surface area contributed by atoms with Crippen LogP contribution in [0.15, 0.2) is 34.9 Å². The van der Waals surface area contributed by atoms with Crippen LogP contribution in [0.5, 0.6) is 0 Å². The predicted molar refractivity (Wildman–Crippen MR) is 82.3 cm³/mol. The van der Waals surface area contributed by atoms with Gasteiger partial charge in [-0.25, -0.2) is 0 Å². The second kappa shape index (κ2) is 6.42. The molecule has 0 bridgehead atoms. The summed E-state index contributed by atoms with van der Waals surface area (Å²) in [7, 11) is 0. The number of benzene rings is 1. The fourth-order valence-electron chi connectivity index (χ4n) is 2.29. The third-order valence-corrected chi connectivity index (χ3v) is 3.89. The molecule has 23 heavy (non-hydrogen) atoms. The lowest BCUT2D eigenvalue weighted by Crippen LogP contribution is -2.35. The van der Waals surface area contributed by atoms with E-state index in [-0.39, 0.29) is 12.3 Å². The van der Waals surface area contributed by atoms with Crippen LogP contribution in [0, 0.1) is 0 Å². The lowest BCUT2D eigenvalue weighted by atomic mass is 10.2. The Hall–Kier alpha value is -2.34. The van der Waals surface area contributed by atoms with E-state index < -0.39 is 18.4 Å². The largest absolute Gasteiger partial charge is 0.480 e. The molecule has 0 saturated heterocycles. The quantitative estimate of drug-likeness (QED) is 0.878. The van der Waals surface area contributed by atoms with E-state index in [0.29, 0.717) is 10.9 Å². The molecule has 0 radical (unpaired) electrons. The Morgan fingerprint density at radius 2 is 2.00 bits per heavy atom. The molecule has 0 spiro atoms. The van der Waals surface area contributed by atoms with Crippen molar-refractivity contribution in [2.24, 2.45) is 0 Å². The van der Waals surface area contributed by atoms with E-state index in [4.69, 9.17) is 21.2 Å². The summed E-state index contributed by atoms with van der Waals surface area (Å²) in [5.41, 5.74) is 1.54. The smallest absolute Gasteiger partial charge is 0.323 e. The number of aromatic nitrogens is 1. The minimum absolute atomic E-state index is 0.0714. The number of aliphatic carboxylic acids is 1. The second-order valence-corrected chi connectivity index (χ2v) is 6.01. The number of carboxylic acid groups (broad SMARTS) is 1. The maximum atomic E-state index is 12.5. The maximum absolute atomic E-state index is 12.5. The first kappa shape index (κ1) is 15.6. The van der Waals surface area contributed by atoms with Gasteiger partial charge in [-0.2, -0.15) is 0 Å². The summed E-state index contributed by atoms with van der Waals surface area (Å²) in [4.78, 5) is 24.8. The van der Waals surface area contributed by atoms with Crippen LogP contribution in [0.1, 0.15) is 40.6 Å². The van der Waals surface area contributed by atoms with E-state index in [1.165, 1.54) is 4.90 Å². The van der Waals surface area contributed by atoms with E-state index in [2.05, 4.69) is 5.16 Å². The third-order valence-electron chi connectivity index (χ3n) is 3.63. The number of carbonyl (C=O) groups is 2. The lowest BCUT2D eigenvalue weighted by Gasteiger charge is -2.19. The van der Waals surface area contributed by atoms with Gasteiger partial charge in [0.05, 0.1) is 5.69 Å². The zero-order chi connectivity index (χ0) is 16.4. The van der Waals surface area contributed by atoms with Crippen molar-refractivity contribution in [2.45, 2.75) is 25.3 Å². The van der Waals surface area contributed by atoms with Crippen LogP contribution in [-0.4, -0.2) is 33.6 Å². The molecule has 1 fully saturated rings. The van der Waals surface area contributed by atoms with Crippen molar-refractivity contribution in [3.63, 3.8) is 0 Å². The Morgan fingerprint density at radius 1 is 1.30 bits per heavy atom. The molecular weight excluding hydrogens is 320 g/mol. The van der Waals surface area contributed by atoms with Gasteiger partial charge < -0.3 is 14.5 Å².